The number of hydrogen-bond acceptors (Lipinski definition) is 5. The predicted octanol–water partition coefficient (Wildman–Crippen LogP) is 3.73. The fourth-order valence-corrected chi connectivity index (χ4v) is 2.92. The standard InChI is InChI=1S/C20H25N3O4/c1-5-26-18(24)15-13-23(14-9-7-6-8-10-14)21-17(15)16-11-12-22(16)19(25)27-20(2,3)4/h6-10,13,16H,5,11-12H2,1-4H3. The number of ether oxygens (including phenoxy) is 2. The van der Waals surface area contributed by atoms with E-state index >= 15 is 0 Å². The summed E-state index contributed by atoms with van der Waals surface area (Å²) in [6, 6.07) is 9.21. The third kappa shape index (κ3) is 4.13. The average Bonchev–Trinajstić information content (AvgIpc) is 2.98. The highest BCUT2D eigenvalue weighted by atomic mass is 16.6. The summed E-state index contributed by atoms with van der Waals surface area (Å²) >= 11 is 0. The zero-order chi connectivity index (χ0) is 19.6. The van der Waals surface area contributed by atoms with Crippen LogP contribution in [0.25, 0.3) is 5.69 Å². The van der Waals surface area contributed by atoms with Gasteiger partial charge in [0.1, 0.15) is 16.9 Å². The van der Waals surface area contributed by atoms with Crippen LogP contribution < -0.4 is 0 Å². The van der Waals surface area contributed by atoms with E-state index in [9.17, 15) is 9.59 Å². The summed E-state index contributed by atoms with van der Waals surface area (Å²) in [4.78, 5) is 26.5. The molecule has 2 aromatic rings. The first-order valence-electron chi connectivity index (χ1n) is 9.12. The Morgan fingerprint density at radius 2 is 1.93 bits per heavy atom. The number of likely N-dealkylation sites (tertiary alicyclic amines) is 1. The van der Waals surface area contributed by atoms with Crippen molar-refractivity contribution >= 4 is 12.1 Å². The van der Waals surface area contributed by atoms with Crippen molar-refractivity contribution < 1.29 is 19.1 Å². The van der Waals surface area contributed by atoms with Crippen molar-refractivity contribution in [2.45, 2.75) is 45.8 Å². The third-order valence-electron chi connectivity index (χ3n) is 4.22. The van der Waals surface area contributed by atoms with Crippen molar-refractivity contribution in [3.63, 3.8) is 0 Å². The molecular formula is C20H25N3O4. The molecule has 1 aromatic carbocycles. The zero-order valence-corrected chi connectivity index (χ0v) is 16.1. The summed E-state index contributed by atoms with van der Waals surface area (Å²) in [7, 11) is 0. The molecule has 2 heterocycles. The Balaban J connectivity index is 1.92. The van der Waals surface area contributed by atoms with E-state index in [2.05, 4.69) is 5.10 Å². The van der Waals surface area contributed by atoms with Crippen LogP contribution in [-0.2, 0) is 9.47 Å². The fourth-order valence-electron chi connectivity index (χ4n) is 2.92. The summed E-state index contributed by atoms with van der Waals surface area (Å²) < 4.78 is 12.3. The summed E-state index contributed by atoms with van der Waals surface area (Å²) in [5, 5.41) is 4.60. The van der Waals surface area contributed by atoms with Gasteiger partial charge in [0, 0.05) is 12.7 Å². The molecule has 1 aliphatic rings. The van der Waals surface area contributed by atoms with Crippen molar-refractivity contribution in [1.29, 1.82) is 0 Å². The molecule has 1 unspecified atom stereocenters. The van der Waals surface area contributed by atoms with Gasteiger partial charge >= 0.3 is 12.1 Å². The SMILES string of the molecule is CCOC(=O)c1cn(-c2ccccc2)nc1C1CCN1C(=O)OC(C)(C)C. The monoisotopic (exact) mass is 371 g/mol. The van der Waals surface area contributed by atoms with Gasteiger partial charge in [-0.15, -0.1) is 0 Å². The first-order valence-corrected chi connectivity index (χ1v) is 9.12. The third-order valence-corrected chi connectivity index (χ3v) is 4.22. The van der Waals surface area contributed by atoms with Crippen LogP contribution in [0.3, 0.4) is 0 Å². The number of nitrogens with zero attached hydrogens (tertiary/aromatic N) is 3. The van der Waals surface area contributed by atoms with Gasteiger partial charge in [-0.25, -0.2) is 14.3 Å². The molecule has 1 atom stereocenters. The summed E-state index contributed by atoms with van der Waals surface area (Å²) in [6.45, 7) is 8.08. The first kappa shape index (κ1) is 18.9. The Labute approximate surface area is 158 Å². The number of benzene rings is 1. The van der Waals surface area contributed by atoms with Crippen molar-refractivity contribution in [2.24, 2.45) is 0 Å². The van der Waals surface area contributed by atoms with E-state index in [1.54, 1.807) is 22.7 Å². The lowest BCUT2D eigenvalue weighted by molar-refractivity contribution is -0.00701. The molecule has 3 rings (SSSR count). The molecule has 1 fully saturated rings. The second-order valence-electron chi connectivity index (χ2n) is 7.41. The highest BCUT2D eigenvalue weighted by Gasteiger charge is 2.40. The van der Waals surface area contributed by atoms with E-state index in [0.29, 0.717) is 17.8 Å². The van der Waals surface area contributed by atoms with E-state index in [1.165, 1.54) is 0 Å². The second kappa shape index (κ2) is 7.42. The lowest BCUT2D eigenvalue weighted by Crippen LogP contribution is -2.48. The Kier molecular flexibility index (Phi) is 5.21. The molecule has 1 saturated heterocycles. The number of aromatic nitrogens is 2. The first-order chi connectivity index (χ1) is 12.8. The Hall–Kier alpha value is -2.83. The Morgan fingerprint density at radius 3 is 2.48 bits per heavy atom. The van der Waals surface area contributed by atoms with Crippen LogP contribution >= 0.6 is 0 Å². The normalized spacial score (nSPS) is 16.6. The predicted molar refractivity (Wildman–Crippen MR) is 99.8 cm³/mol. The molecule has 1 aromatic heterocycles. The lowest BCUT2D eigenvalue weighted by atomic mass is 9.97. The van der Waals surface area contributed by atoms with Crippen LogP contribution in [0.5, 0.6) is 0 Å². The minimum Gasteiger partial charge on any atom is -0.462 e. The summed E-state index contributed by atoms with van der Waals surface area (Å²) in [5.74, 6) is -0.439. The fraction of sp³-hybridized carbons (Fsp3) is 0.450. The molecule has 144 valence electrons. The number of esters is 1. The molecular weight excluding hydrogens is 346 g/mol. The average molecular weight is 371 g/mol. The van der Waals surface area contributed by atoms with Gasteiger partial charge < -0.3 is 9.47 Å². The van der Waals surface area contributed by atoms with Crippen molar-refractivity contribution in [2.75, 3.05) is 13.2 Å². The van der Waals surface area contributed by atoms with Gasteiger partial charge in [-0.05, 0) is 46.2 Å². The summed E-state index contributed by atoms with van der Waals surface area (Å²) in [6.07, 6.45) is 1.98. The quantitative estimate of drug-likeness (QED) is 0.766. The zero-order valence-electron chi connectivity index (χ0n) is 16.1. The van der Waals surface area contributed by atoms with Crippen molar-refractivity contribution in [3.8, 4) is 5.69 Å². The molecule has 0 spiro atoms. The van der Waals surface area contributed by atoms with Crippen LogP contribution in [0.4, 0.5) is 4.79 Å². The molecule has 0 radical (unpaired) electrons. The number of rotatable bonds is 4. The molecule has 0 bridgehead atoms. The molecule has 27 heavy (non-hydrogen) atoms. The maximum atomic E-state index is 12.5. The van der Waals surface area contributed by atoms with E-state index in [4.69, 9.17) is 9.47 Å². The van der Waals surface area contributed by atoms with Gasteiger partial charge in [0.15, 0.2) is 0 Å². The second-order valence-corrected chi connectivity index (χ2v) is 7.41. The highest BCUT2D eigenvalue weighted by molar-refractivity contribution is 5.91. The van der Waals surface area contributed by atoms with Crippen LogP contribution in [0.15, 0.2) is 36.5 Å². The lowest BCUT2D eigenvalue weighted by Gasteiger charge is -2.40. The van der Waals surface area contributed by atoms with Gasteiger partial charge in [-0.3, -0.25) is 4.90 Å². The maximum absolute atomic E-state index is 12.5. The minimum atomic E-state index is -0.579. The molecule has 7 heteroatoms. The number of para-hydroxylation sites is 1. The Morgan fingerprint density at radius 1 is 1.22 bits per heavy atom. The molecule has 0 saturated carbocycles. The topological polar surface area (TPSA) is 73.7 Å². The smallest absolute Gasteiger partial charge is 0.410 e. The maximum Gasteiger partial charge on any atom is 0.410 e. The van der Waals surface area contributed by atoms with Crippen LogP contribution in [0, 0.1) is 0 Å². The number of hydrogen-bond donors (Lipinski definition) is 0. The van der Waals surface area contributed by atoms with Crippen LogP contribution in [0.1, 0.15) is 56.2 Å². The van der Waals surface area contributed by atoms with E-state index in [0.717, 1.165) is 12.1 Å². The molecule has 7 nitrogen and oxygen atoms in total. The molecule has 0 N–H and O–H groups in total. The van der Waals surface area contributed by atoms with E-state index in [-0.39, 0.29) is 12.6 Å². The summed E-state index contributed by atoms with van der Waals surface area (Å²) in [5.41, 5.74) is 1.16. The van der Waals surface area contributed by atoms with Crippen LogP contribution in [0.2, 0.25) is 0 Å². The number of amides is 1. The van der Waals surface area contributed by atoms with Gasteiger partial charge in [0.25, 0.3) is 0 Å². The van der Waals surface area contributed by atoms with Gasteiger partial charge in [-0.1, -0.05) is 18.2 Å². The van der Waals surface area contributed by atoms with Gasteiger partial charge in [0.2, 0.25) is 0 Å². The van der Waals surface area contributed by atoms with E-state index in [1.807, 2.05) is 51.1 Å². The molecule has 1 aliphatic heterocycles. The molecule has 0 aliphatic carbocycles. The van der Waals surface area contributed by atoms with Crippen LogP contribution in [-0.4, -0.2) is 45.5 Å². The highest BCUT2D eigenvalue weighted by Crippen LogP contribution is 2.36. The minimum absolute atomic E-state index is 0.273. The number of carbonyl (C=O) groups is 2. The van der Waals surface area contributed by atoms with Crippen molar-refractivity contribution in [3.05, 3.63) is 47.8 Å². The van der Waals surface area contributed by atoms with Gasteiger partial charge in [0.05, 0.1) is 18.3 Å². The largest absolute Gasteiger partial charge is 0.462 e. The van der Waals surface area contributed by atoms with Gasteiger partial charge in [-0.2, -0.15) is 5.10 Å². The number of carbonyl (C=O) groups excluding carboxylic acids is 2. The van der Waals surface area contributed by atoms with Crippen molar-refractivity contribution in [1.82, 2.24) is 14.7 Å². The Bertz CT molecular complexity index is 823. The molecule has 1 amide bonds. The van der Waals surface area contributed by atoms with E-state index < -0.39 is 17.7 Å².